The van der Waals surface area contributed by atoms with Crippen molar-refractivity contribution >= 4 is 28.8 Å². The van der Waals surface area contributed by atoms with Gasteiger partial charge in [-0.25, -0.2) is 4.98 Å². The number of likely N-dealkylation sites (tertiary alicyclic amines) is 1. The van der Waals surface area contributed by atoms with E-state index in [-0.39, 0.29) is 17.7 Å². The number of carbonyl (C=O) groups excluding carboxylic acids is 2. The van der Waals surface area contributed by atoms with Crippen molar-refractivity contribution in [2.45, 2.75) is 32.2 Å². The average molecular weight is 341 g/mol. The molecule has 1 aromatic carbocycles. The molecule has 2 fully saturated rings. The van der Waals surface area contributed by atoms with E-state index in [0.29, 0.717) is 19.0 Å². The number of hydrogen-bond donors (Lipinski definition) is 1. The Morgan fingerprint density at radius 2 is 2.04 bits per heavy atom. The van der Waals surface area contributed by atoms with E-state index in [0.717, 1.165) is 34.8 Å². The number of aryl methyl sites for hydroxylation is 1. The molecular weight excluding hydrogens is 322 g/mol. The van der Waals surface area contributed by atoms with Gasteiger partial charge in [0.1, 0.15) is 5.01 Å². The Balaban J connectivity index is 1.40. The van der Waals surface area contributed by atoms with Crippen LogP contribution in [0.1, 0.15) is 25.0 Å². The van der Waals surface area contributed by atoms with Gasteiger partial charge in [0.2, 0.25) is 11.8 Å². The van der Waals surface area contributed by atoms with Gasteiger partial charge < -0.3 is 10.2 Å². The summed E-state index contributed by atoms with van der Waals surface area (Å²) in [4.78, 5) is 30.7. The highest BCUT2D eigenvalue weighted by Crippen LogP contribution is 2.33. The van der Waals surface area contributed by atoms with Gasteiger partial charge in [-0.05, 0) is 44.0 Å². The Labute approximate surface area is 144 Å². The summed E-state index contributed by atoms with van der Waals surface area (Å²) in [5.74, 6) is -0.184. The van der Waals surface area contributed by atoms with E-state index in [1.54, 1.807) is 11.3 Å². The normalized spacial score (nSPS) is 20.5. The van der Waals surface area contributed by atoms with Gasteiger partial charge in [0.05, 0.1) is 5.92 Å². The van der Waals surface area contributed by atoms with Crippen LogP contribution in [0.5, 0.6) is 0 Å². The van der Waals surface area contributed by atoms with E-state index in [2.05, 4.69) is 10.3 Å². The Kier molecular flexibility index (Phi) is 3.84. The zero-order chi connectivity index (χ0) is 16.7. The number of amides is 2. The molecule has 24 heavy (non-hydrogen) atoms. The van der Waals surface area contributed by atoms with Gasteiger partial charge in [-0.15, -0.1) is 11.3 Å². The summed E-state index contributed by atoms with van der Waals surface area (Å²) in [6, 6.07) is 8.09. The van der Waals surface area contributed by atoms with E-state index in [1.807, 2.05) is 41.5 Å². The lowest BCUT2D eigenvalue weighted by molar-refractivity contribution is -0.128. The lowest BCUT2D eigenvalue weighted by Gasteiger charge is -2.15. The van der Waals surface area contributed by atoms with Crippen molar-refractivity contribution in [3.8, 4) is 10.6 Å². The van der Waals surface area contributed by atoms with Crippen molar-refractivity contribution in [2.75, 3.05) is 11.9 Å². The van der Waals surface area contributed by atoms with Crippen LogP contribution in [0, 0.1) is 12.8 Å². The number of aromatic nitrogens is 1. The molecule has 1 saturated heterocycles. The standard InChI is InChI=1S/C18H19N3O2S/c1-11-10-24-18(19-11)12-2-4-14(5-3-12)20-17(23)13-8-16(22)21(9-13)15-6-7-15/h2-5,10,13,15H,6-9H2,1H3,(H,20,23)/t13-/m0/s1. The number of nitrogens with zero attached hydrogens (tertiary/aromatic N) is 2. The highest BCUT2D eigenvalue weighted by Gasteiger charge is 2.41. The Hall–Kier alpha value is -2.21. The second kappa shape index (κ2) is 6.02. The van der Waals surface area contributed by atoms with Crippen LogP contribution in [0.3, 0.4) is 0 Å². The van der Waals surface area contributed by atoms with Gasteiger partial charge in [0.15, 0.2) is 0 Å². The quantitative estimate of drug-likeness (QED) is 0.930. The second-order valence-corrected chi connectivity index (χ2v) is 7.40. The number of hydrogen-bond acceptors (Lipinski definition) is 4. The molecule has 0 radical (unpaired) electrons. The molecular formula is C18H19N3O2S. The fourth-order valence-electron chi connectivity index (χ4n) is 3.07. The summed E-state index contributed by atoms with van der Waals surface area (Å²) in [6.07, 6.45) is 2.49. The number of thiazole rings is 1. The second-order valence-electron chi connectivity index (χ2n) is 6.54. The fraction of sp³-hybridized carbons (Fsp3) is 0.389. The van der Waals surface area contributed by atoms with Gasteiger partial charge in [0.25, 0.3) is 0 Å². The molecule has 0 spiro atoms. The summed E-state index contributed by atoms with van der Waals surface area (Å²) in [5, 5.41) is 5.93. The highest BCUT2D eigenvalue weighted by molar-refractivity contribution is 7.13. The minimum Gasteiger partial charge on any atom is -0.339 e. The van der Waals surface area contributed by atoms with E-state index in [1.165, 1.54) is 0 Å². The topological polar surface area (TPSA) is 62.3 Å². The zero-order valence-corrected chi connectivity index (χ0v) is 14.3. The van der Waals surface area contributed by atoms with Crippen LogP contribution in [0.2, 0.25) is 0 Å². The van der Waals surface area contributed by atoms with Crippen molar-refractivity contribution in [1.82, 2.24) is 9.88 Å². The molecule has 2 amide bonds. The lowest BCUT2D eigenvalue weighted by atomic mass is 10.1. The number of nitrogens with one attached hydrogen (secondary N) is 1. The summed E-state index contributed by atoms with van der Waals surface area (Å²) in [6.45, 7) is 2.54. The Morgan fingerprint density at radius 1 is 1.29 bits per heavy atom. The summed E-state index contributed by atoms with van der Waals surface area (Å²) in [7, 11) is 0. The maximum absolute atomic E-state index is 12.4. The van der Waals surface area contributed by atoms with Crippen molar-refractivity contribution in [2.24, 2.45) is 5.92 Å². The third-order valence-corrected chi connectivity index (χ3v) is 5.54. The molecule has 0 bridgehead atoms. The predicted molar refractivity (Wildman–Crippen MR) is 93.8 cm³/mol. The number of anilines is 1. The zero-order valence-electron chi connectivity index (χ0n) is 13.5. The Bertz CT molecular complexity index is 780. The number of benzene rings is 1. The minimum atomic E-state index is -0.237. The molecule has 2 aromatic rings. The summed E-state index contributed by atoms with van der Waals surface area (Å²) in [5.41, 5.74) is 2.81. The molecule has 1 aromatic heterocycles. The number of carbonyl (C=O) groups is 2. The molecule has 5 nitrogen and oxygen atoms in total. The van der Waals surface area contributed by atoms with Gasteiger partial charge in [0, 0.05) is 41.3 Å². The molecule has 1 aliphatic heterocycles. The van der Waals surface area contributed by atoms with Crippen LogP contribution in [0.15, 0.2) is 29.6 Å². The monoisotopic (exact) mass is 341 g/mol. The maximum Gasteiger partial charge on any atom is 0.229 e. The average Bonchev–Trinajstić information content (AvgIpc) is 3.20. The molecule has 4 rings (SSSR count). The van der Waals surface area contributed by atoms with Crippen molar-refractivity contribution < 1.29 is 9.59 Å². The van der Waals surface area contributed by atoms with Crippen molar-refractivity contribution in [1.29, 1.82) is 0 Å². The van der Waals surface area contributed by atoms with Crippen LogP contribution in [0.4, 0.5) is 5.69 Å². The first-order valence-corrected chi connectivity index (χ1v) is 9.11. The lowest BCUT2D eigenvalue weighted by Crippen LogP contribution is -2.29. The first-order chi connectivity index (χ1) is 11.6. The molecule has 1 N–H and O–H groups in total. The third-order valence-electron chi connectivity index (χ3n) is 4.54. The molecule has 0 unspecified atom stereocenters. The van der Waals surface area contributed by atoms with E-state index < -0.39 is 0 Å². The molecule has 6 heteroatoms. The minimum absolute atomic E-state index is 0.0654. The van der Waals surface area contributed by atoms with Crippen LogP contribution in [0.25, 0.3) is 10.6 Å². The van der Waals surface area contributed by atoms with Gasteiger partial charge in [-0.1, -0.05) is 0 Å². The van der Waals surface area contributed by atoms with E-state index >= 15 is 0 Å². The van der Waals surface area contributed by atoms with Gasteiger partial charge >= 0.3 is 0 Å². The van der Waals surface area contributed by atoms with E-state index in [4.69, 9.17) is 0 Å². The largest absolute Gasteiger partial charge is 0.339 e. The molecule has 124 valence electrons. The van der Waals surface area contributed by atoms with E-state index in [9.17, 15) is 9.59 Å². The molecule has 2 aliphatic rings. The predicted octanol–water partition coefficient (Wildman–Crippen LogP) is 3.07. The summed E-state index contributed by atoms with van der Waals surface area (Å²) >= 11 is 1.61. The molecule has 2 heterocycles. The van der Waals surface area contributed by atoms with Crippen molar-refractivity contribution in [3.63, 3.8) is 0 Å². The molecule has 1 atom stereocenters. The Morgan fingerprint density at radius 3 is 2.67 bits per heavy atom. The van der Waals surface area contributed by atoms with Crippen molar-refractivity contribution in [3.05, 3.63) is 35.3 Å². The highest BCUT2D eigenvalue weighted by atomic mass is 32.1. The first kappa shape index (κ1) is 15.3. The molecule has 1 aliphatic carbocycles. The fourth-order valence-corrected chi connectivity index (χ4v) is 3.88. The smallest absolute Gasteiger partial charge is 0.229 e. The van der Waals surface area contributed by atoms with Crippen LogP contribution in [-0.4, -0.2) is 34.3 Å². The van der Waals surface area contributed by atoms with Crippen LogP contribution < -0.4 is 5.32 Å². The molecule has 1 saturated carbocycles. The van der Waals surface area contributed by atoms with Crippen LogP contribution in [-0.2, 0) is 9.59 Å². The van der Waals surface area contributed by atoms with Crippen LogP contribution >= 0.6 is 11.3 Å². The SMILES string of the molecule is Cc1csc(-c2ccc(NC(=O)[C@H]3CC(=O)N(C4CC4)C3)cc2)n1. The number of rotatable bonds is 4. The summed E-state index contributed by atoms with van der Waals surface area (Å²) < 4.78 is 0. The maximum atomic E-state index is 12.4. The van der Waals surface area contributed by atoms with Gasteiger partial charge in [-0.2, -0.15) is 0 Å². The first-order valence-electron chi connectivity index (χ1n) is 8.23. The van der Waals surface area contributed by atoms with Gasteiger partial charge in [-0.3, -0.25) is 9.59 Å². The third kappa shape index (κ3) is 3.06.